The number of hydrogen-bond acceptors (Lipinski definition) is 3. The zero-order valence-electron chi connectivity index (χ0n) is 8.45. The normalized spacial score (nSPS) is 12.6. The van der Waals surface area contributed by atoms with Gasteiger partial charge in [-0.1, -0.05) is 15.9 Å². The molecule has 3 nitrogen and oxygen atoms in total. The van der Waals surface area contributed by atoms with Gasteiger partial charge in [-0.15, -0.1) is 11.3 Å². The van der Waals surface area contributed by atoms with Crippen molar-refractivity contribution in [1.29, 1.82) is 0 Å². The Morgan fingerprint density at radius 1 is 1.79 bits per heavy atom. The largest absolute Gasteiger partial charge is 0.340 e. The van der Waals surface area contributed by atoms with Crippen molar-refractivity contribution in [3.8, 4) is 0 Å². The van der Waals surface area contributed by atoms with E-state index in [1.807, 2.05) is 20.0 Å². The van der Waals surface area contributed by atoms with Crippen molar-refractivity contribution in [2.75, 3.05) is 7.05 Å². The molecule has 0 saturated heterocycles. The maximum absolute atomic E-state index is 11.5. The van der Waals surface area contributed by atoms with Gasteiger partial charge in [-0.3, -0.25) is 4.79 Å². The van der Waals surface area contributed by atoms with Crippen molar-refractivity contribution in [2.24, 2.45) is 0 Å². The molecule has 0 saturated carbocycles. The molecule has 0 radical (unpaired) electrons. The Labute approximate surface area is 96.3 Å². The zero-order valence-corrected chi connectivity index (χ0v) is 10.9. The highest BCUT2D eigenvalue weighted by Crippen LogP contribution is 2.14. The number of hydrogen-bond donors (Lipinski definition) is 0. The van der Waals surface area contributed by atoms with Crippen LogP contribution in [0.4, 0.5) is 0 Å². The lowest BCUT2D eigenvalue weighted by atomic mass is 10.4. The average molecular weight is 277 g/mol. The van der Waals surface area contributed by atoms with Gasteiger partial charge in [0.25, 0.3) is 0 Å². The minimum absolute atomic E-state index is 0.0936. The number of nitrogens with zero attached hydrogens (tertiary/aromatic N) is 2. The van der Waals surface area contributed by atoms with Crippen LogP contribution in [-0.4, -0.2) is 27.7 Å². The molecular weight excluding hydrogens is 264 g/mol. The van der Waals surface area contributed by atoms with Gasteiger partial charge in [-0.2, -0.15) is 0 Å². The van der Waals surface area contributed by atoms with Crippen molar-refractivity contribution in [1.82, 2.24) is 9.88 Å². The molecule has 1 aromatic heterocycles. The molecule has 0 aliphatic rings. The van der Waals surface area contributed by atoms with E-state index in [0.29, 0.717) is 6.54 Å². The number of aromatic nitrogens is 1. The summed E-state index contributed by atoms with van der Waals surface area (Å²) in [5, 5.41) is 1.03. The van der Waals surface area contributed by atoms with Gasteiger partial charge in [0.1, 0.15) is 0 Å². The Morgan fingerprint density at radius 2 is 2.43 bits per heavy atom. The van der Waals surface area contributed by atoms with E-state index in [4.69, 9.17) is 0 Å². The Balaban J connectivity index is 2.57. The van der Waals surface area contributed by atoms with E-state index in [0.717, 1.165) is 9.88 Å². The first-order valence-electron chi connectivity index (χ1n) is 4.31. The Morgan fingerprint density at radius 3 is 2.86 bits per heavy atom. The van der Waals surface area contributed by atoms with E-state index in [9.17, 15) is 4.79 Å². The lowest BCUT2D eigenvalue weighted by molar-refractivity contribution is -0.129. The first kappa shape index (κ1) is 11.7. The fraction of sp³-hybridized carbons (Fsp3) is 0.556. The van der Waals surface area contributed by atoms with Crippen LogP contribution in [0.15, 0.2) is 6.20 Å². The van der Waals surface area contributed by atoms with Crippen molar-refractivity contribution >= 4 is 33.2 Å². The summed E-state index contributed by atoms with van der Waals surface area (Å²) >= 11 is 4.88. The highest BCUT2D eigenvalue weighted by molar-refractivity contribution is 9.10. The number of rotatable bonds is 3. The predicted molar refractivity (Wildman–Crippen MR) is 61.7 cm³/mol. The number of alkyl halides is 1. The van der Waals surface area contributed by atoms with Crippen molar-refractivity contribution in [3.05, 3.63) is 16.1 Å². The maximum atomic E-state index is 11.5. The summed E-state index contributed by atoms with van der Waals surface area (Å²) in [6.07, 6.45) is 1.82. The monoisotopic (exact) mass is 276 g/mol. The lowest BCUT2D eigenvalue weighted by Crippen LogP contribution is -2.31. The van der Waals surface area contributed by atoms with Crippen LogP contribution >= 0.6 is 27.3 Å². The molecule has 1 aromatic rings. The summed E-state index contributed by atoms with van der Waals surface area (Å²) in [5.41, 5.74) is 0. The molecule has 0 aromatic carbocycles. The molecule has 0 spiro atoms. The highest BCUT2D eigenvalue weighted by atomic mass is 79.9. The van der Waals surface area contributed by atoms with E-state index in [1.54, 1.807) is 23.3 Å². The topological polar surface area (TPSA) is 33.2 Å². The second-order valence-corrected chi connectivity index (χ2v) is 5.85. The Hall–Kier alpha value is -0.420. The molecule has 78 valence electrons. The van der Waals surface area contributed by atoms with E-state index in [-0.39, 0.29) is 10.7 Å². The second-order valence-electron chi connectivity index (χ2n) is 3.16. The fourth-order valence-electron chi connectivity index (χ4n) is 1.09. The highest BCUT2D eigenvalue weighted by Gasteiger charge is 2.14. The molecular formula is C9H13BrN2OS. The van der Waals surface area contributed by atoms with E-state index in [2.05, 4.69) is 20.9 Å². The molecule has 1 atom stereocenters. The number of aryl methyl sites for hydroxylation is 1. The Bertz CT molecular complexity index is 324. The van der Waals surface area contributed by atoms with Crippen molar-refractivity contribution in [2.45, 2.75) is 25.2 Å². The second kappa shape index (κ2) is 4.89. The summed E-state index contributed by atoms with van der Waals surface area (Å²) in [4.78, 5) is 18.4. The Kier molecular flexibility index (Phi) is 4.07. The zero-order chi connectivity index (χ0) is 10.7. The molecule has 0 bridgehead atoms. The maximum Gasteiger partial charge on any atom is 0.236 e. The number of halogens is 1. The summed E-state index contributed by atoms with van der Waals surface area (Å²) < 4.78 is 0. The SMILES string of the molecule is Cc1ncc(CN(C)C(=O)C(C)Br)s1. The van der Waals surface area contributed by atoms with Gasteiger partial charge < -0.3 is 4.90 Å². The van der Waals surface area contributed by atoms with Gasteiger partial charge >= 0.3 is 0 Å². The quantitative estimate of drug-likeness (QED) is 0.793. The third kappa shape index (κ3) is 3.06. The van der Waals surface area contributed by atoms with Gasteiger partial charge in [0.2, 0.25) is 5.91 Å². The van der Waals surface area contributed by atoms with Crippen molar-refractivity contribution < 1.29 is 4.79 Å². The standard InChI is InChI=1S/C9H13BrN2OS/c1-6(10)9(13)12(3)5-8-4-11-7(2)14-8/h4,6H,5H2,1-3H3. The molecule has 1 rings (SSSR count). The lowest BCUT2D eigenvalue weighted by Gasteiger charge is -2.17. The minimum atomic E-state index is -0.124. The van der Waals surface area contributed by atoms with Gasteiger partial charge in [0.05, 0.1) is 16.4 Å². The first-order valence-corrected chi connectivity index (χ1v) is 6.04. The van der Waals surface area contributed by atoms with Crippen LogP contribution in [0.2, 0.25) is 0 Å². The third-order valence-corrected chi connectivity index (χ3v) is 3.07. The van der Waals surface area contributed by atoms with E-state index >= 15 is 0 Å². The summed E-state index contributed by atoms with van der Waals surface area (Å²) in [7, 11) is 1.80. The fourth-order valence-corrected chi connectivity index (χ4v) is 2.29. The van der Waals surface area contributed by atoms with Gasteiger partial charge in [-0.25, -0.2) is 4.98 Å². The number of carbonyl (C=O) groups is 1. The van der Waals surface area contributed by atoms with E-state index in [1.165, 1.54) is 0 Å². The van der Waals surface area contributed by atoms with Gasteiger partial charge in [0, 0.05) is 18.1 Å². The van der Waals surface area contributed by atoms with Crippen LogP contribution in [0, 0.1) is 6.92 Å². The molecule has 1 heterocycles. The van der Waals surface area contributed by atoms with Gasteiger partial charge in [-0.05, 0) is 13.8 Å². The smallest absolute Gasteiger partial charge is 0.236 e. The molecule has 1 amide bonds. The van der Waals surface area contributed by atoms with Crippen LogP contribution in [0.25, 0.3) is 0 Å². The number of carbonyl (C=O) groups excluding carboxylic acids is 1. The number of amides is 1. The van der Waals surface area contributed by atoms with Crippen LogP contribution < -0.4 is 0 Å². The molecule has 5 heteroatoms. The summed E-state index contributed by atoms with van der Waals surface area (Å²) in [5.74, 6) is 0.0936. The van der Waals surface area contributed by atoms with Crippen LogP contribution in [0.3, 0.4) is 0 Å². The summed E-state index contributed by atoms with van der Waals surface area (Å²) in [6.45, 7) is 4.43. The molecule has 0 N–H and O–H groups in total. The van der Waals surface area contributed by atoms with Gasteiger partial charge in [0.15, 0.2) is 0 Å². The molecule has 14 heavy (non-hydrogen) atoms. The molecule has 0 fully saturated rings. The van der Waals surface area contributed by atoms with Crippen molar-refractivity contribution in [3.63, 3.8) is 0 Å². The predicted octanol–water partition coefficient (Wildman–Crippen LogP) is 2.19. The van der Waals surface area contributed by atoms with Crippen LogP contribution in [0.5, 0.6) is 0 Å². The minimum Gasteiger partial charge on any atom is -0.340 e. The summed E-state index contributed by atoms with van der Waals surface area (Å²) in [6, 6.07) is 0. The molecule has 1 unspecified atom stereocenters. The average Bonchev–Trinajstić information content (AvgIpc) is 2.49. The molecule has 0 aliphatic heterocycles. The third-order valence-electron chi connectivity index (χ3n) is 1.78. The van der Waals surface area contributed by atoms with E-state index < -0.39 is 0 Å². The number of thiazole rings is 1. The first-order chi connectivity index (χ1) is 6.50. The van der Waals surface area contributed by atoms with Crippen LogP contribution in [-0.2, 0) is 11.3 Å². The molecule has 0 aliphatic carbocycles. The van der Waals surface area contributed by atoms with Crippen LogP contribution in [0.1, 0.15) is 16.8 Å².